The fourth-order valence-corrected chi connectivity index (χ4v) is 3.69. The van der Waals surface area contributed by atoms with Crippen LogP contribution in [0.4, 0.5) is 11.6 Å². The number of imidazole rings is 1. The molecular formula is C19H25N7. The van der Waals surface area contributed by atoms with Gasteiger partial charge in [-0.15, -0.1) is 0 Å². The molecule has 136 valence electrons. The lowest BCUT2D eigenvalue weighted by atomic mass is 10.2. The van der Waals surface area contributed by atoms with Crippen molar-refractivity contribution in [2.24, 2.45) is 7.05 Å². The van der Waals surface area contributed by atoms with E-state index in [4.69, 9.17) is 4.98 Å². The number of aromatic nitrogens is 4. The summed E-state index contributed by atoms with van der Waals surface area (Å²) in [6.45, 7) is 2.72. The molecule has 7 nitrogen and oxygen atoms in total. The molecule has 0 aliphatic carbocycles. The maximum atomic E-state index is 4.73. The number of fused-ring (bicyclic) bond motifs is 1. The molecule has 2 N–H and O–H groups in total. The molecule has 1 fully saturated rings. The van der Waals surface area contributed by atoms with Crippen LogP contribution in [0.15, 0.2) is 36.7 Å². The molecular weight excluding hydrogens is 326 g/mol. The zero-order valence-electron chi connectivity index (χ0n) is 15.3. The van der Waals surface area contributed by atoms with Crippen LogP contribution in [0.5, 0.6) is 0 Å². The van der Waals surface area contributed by atoms with E-state index in [0.717, 1.165) is 42.6 Å². The van der Waals surface area contributed by atoms with Gasteiger partial charge in [0.25, 0.3) is 0 Å². The van der Waals surface area contributed by atoms with Gasteiger partial charge in [-0.2, -0.15) is 0 Å². The van der Waals surface area contributed by atoms with E-state index in [2.05, 4.69) is 55.3 Å². The monoisotopic (exact) mass is 351 g/mol. The first-order valence-corrected chi connectivity index (χ1v) is 9.14. The van der Waals surface area contributed by atoms with Crippen LogP contribution in [0.3, 0.4) is 0 Å². The van der Waals surface area contributed by atoms with Crippen LogP contribution in [0.2, 0.25) is 0 Å². The third-order valence-electron chi connectivity index (χ3n) is 5.12. The average Bonchev–Trinajstić information content (AvgIpc) is 3.27. The molecule has 1 saturated heterocycles. The van der Waals surface area contributed by atoms with E-state index < -0.39 is 0 Å². The van der Waals surface area contributed by atoms with Gasteiger partial charge < -0.3 is 20.1 Å². The molecule has 1 atom stereocenters. The predicted molar refractivity (Wildman–Crippen MR) is 104 cm³/mol. The van der Waals surface area contributed by atoms with Crippen LogP contribution < -0.4 is 15.5 Å². The van der Waals surface area contributed by atoms with Gasteiger partial charge >= 0.3 is 0 Å². The number of nitrogens with zero attached hydrogens (tertiary/aromatic N) is 5. The number of hydrogen-bond donors (Lipinski definition) is 2. The van der Waals surface area contributed by atoms with Crippen molar-refractivity contribution < 1.29 is 0 Å². The standard InChI is InChI=1S/C19H25N7/c1-20-17-10-18(23-13-22-17)26-9-5-6-14(26)11-21-12-19-24-15-7-3-4-8-16(15)25(19)2/h3-4,7-8,10,13-14,21H,5-6,9,11-12H2,1-2H3,(H,20,22,23). The number of hydrogen-bond acceptors (Lipinski definition) is 6. The second-order valence-electron chi connectivity index (χ2n) is 6.71. The normalized spacial score (nSPS) is 17.2. The Morgan fingerprint density at radius 1 is 1.23 bits per heavy atom. The number of aryl methyl sites for hydroxylation is 1. The summed E-state index contributed by atoms with van der Waals surface area (Å²) in [5.74, 6) is 2.92. The lowest BCUT2D eigenvalue weighted by Gasteiger charge is -2.26. The zero-order valence-corrected chi connectivity index (χ0v) is 15.3. The van der Waals surface area contributed by atoms with Gasteiger partial charge in [-0.05, 0) is 25.0 Å². The molecule has 1 aromatic carbocycles. The highest BCUT2D eigenvalue weighted by atomic mass is 15.3. The topological polar surface area (TPSA) is 70.9 Å². The molecule has 3 heterocycles. The molecule has 1 aliphatic rings. The van der Waals surface area contributed by atoms with Crippen LogP contribution >= 0.6 is 0 Å². The van der Waals surface area contributed by atoms with E-state index in [1.165, 1.54) is 18.4 Å². The molecule has 1 aliphatic heterocycles. The molecule has 0 spiro atoms. The Morgan fingerprint density at radius 3 is 2.96 bits per heavy atom. The van der Waals surface area contributed by atoms with Crippen LogP contribution in [-0.2, 0) is 13.6 Å². The van der Waals surface area contributed by atoms with Gasteiger partial charge in [0.05, 0.1) is 17.6 Å². The minimum atomic E-state index is 0.448. The lowest BCUT2D eigenvalue weighted by molar-refractivity contribution is 0.555. The van der Waals surface area contributed by atoms with Crippen molar-refractivity contribution in [3.8, 4) is 0 Å². The van der Waals surface area contributed by atoms with Gasteiger partial charge in [0, 0.05) is 39.3 Å². The van der Waals surface area contributed by atoms with Crippen molar-refractivity contribution in [1.82, 2.24) is 24.8 Å². The molecule has 7 heteroatoms. The highest BCUT2D eigenvalue weighted by Crippen LogP contribution is 2.24. The third kappa shape index (κ3) is 3.22. The molecule has 1 unspecified atom stereocenters. The Labute approximate surface area is 153 Å². The minimum absolute atomic E-state index is 0.448. The zero-order chi connectivity index (χ0) is 17.9. The smallest absolute Gasteiger partial charge is 0.134 e. The highest BCUT2D eigenvalue weighted by molar-refractivity contribution is 5.75. The van der Waals surface area contributed by atoms with Crippen molar-refractivity contribution in [1.29, 1.82) is 0 Å². The van der Waals surface area contributed by atoms with Crippen LogP contribution in [0.1, 0.15) is 18.7 Å². The van der Waals surface area contributed by atoms with E-state index in [-0.39, 0.29) is 0 Å². The van der Waals surface area contributed by atoms with Gasteiger partial charge in [-0.1, -0.05) is 12.1 Å². The van der Waals surface area contributed by atoms with Gasteiger partial charge in [0.15, 0.2) is 0 Å². The van der Waals surface area contributed by atoms with Gasteiger partial charge in [-0.25, -0.2) is 15.0 Å². The molecule has 4 rings (SSSR count). The van der Waals surface area contributed by atoms with Crippen molar-refractivity contribution in [2.45, 2.75) is 25.4 Å². The van der Waals surface area contributed by atoms with Crippen molar-refractivity contribution in [3.05, 3.63) is 42.5 Å². The minimum Gasteiger partial charge on any atom is -0.373 e. The Balaban J connectivity index is 1.41. The number of rotatable bonds is 6. The number of para-hydroxylation sites is 2. The summed E-state index contributed by atoms with van der Waals surface area (Å²) in [5.41, 5.74) is 2.22. The molecule has 0 saturated carbocycles. The van der Waals surface area contributed by atoms with Crippen molar-refractivity contribution >= 4 is 22.7 Å². The first kappa shape index (κ1) is 16.8. The first-order chi connectivity index (χ1) is 12.8. The van der Waals surface area contributed by atoms with E-state index in [1.807, 2.05) is 19.2 Å². The maximum Gasteiger partial charge on any atom is 0.134 e. The predicted octanol–water partition coefficient (Wildman–Crippen LogP) is 2.16. The van der Waals surface area contributed by atoms with E-state index in [0.29, 0.717) is 6.04 Å². The van der Waals surface area contributed by atoms with E-state index in [1.54, 1.807) is 6.33 Å². The van der Waals surface area contributed by atoms with Crippen molar-refractivity contribution in [3.63, 3.8) is 0 Å². The summed E-state index contributed by atoms with van der Waals surface area (Å²) < 4.78 is 2.17. The summed E-state index contributed by atoms with van der Waals surface area (Å²) in [6.07, 6.45) is 4.00. The Kier molecular flexibility index (Phi) is 4.71. The van der Waals surface area contributed by atoms with E-state index >= 15 is 0 Å². The molecule has 0 radical (unpaired) electrons. The fraction of sp³-hybridized carbons (Fsp3) is 0.421. The average molecular weight is 351 g/mol. The summed E-state index contributed by atoms with van der Waals surface area (Å²) in [4.78, 5) is 15.8. The van der Waals surface area contributed by atoms with E-state index in [9.17, 15) is 0 Å². The summed E-state index contributed by atoms with van der Waals surface area (Å²) in [5, 5.41) is 6.67. The fourth-order valence-electron chi connectivity index (χ4n) is 3.69. The summed E-state index contributed by atoms with van der Waals surface area (Å²) in [6, 6.07) is 10.7. The Bertz CT molecular complexity index is 888. The van der Waals surface area contributed by atoms with Gasteiger partial charge in [0.2, 0.25) is 0 Å². The lowest BCUT2D eigenvalue weighted by Crippen LogP contribution is -2.38. The second kappa shape index (κ2) is 7.29. The largest absolute Gasteiger partial charge is 0.373 e. The molecule has 0 bridgehead atoms. The first-order valence-electron chi connectivity index (χ1n) is 9.14. The molecule has 2 aromatic heterocycles. The maximum absolute atomic E-state index is 4.73. The van der Waals surface area contributed by atoms with Gasteiger partial charge in [-0.3, -0.25) is 0 Å². The Hall–Kier alpha value is -2.67. The summed E-state index contributed by atoms with van der Waals surface area (Å²) >= 11 is 0. The SMILES string of the molecule is CNc1cc(N2CCCC2CNCc2nc3ccccc3n2C)ncn1. The van der Waals surface area contributed by atoms with Crippen LogP contribution in [0.25, 0.3) is 11.0 Å². The molecule has 3 aromatic rings. The number of benzene rings is 1. The van der Waals surface area contributed by atoms with Crippen LogP contribution in [-0.4, -0.2) is 45.7 Å². The van der Waals surface area contributed by atoms with Crippen LogP contribution in [0, 0.1) is 0 Å². The second-order valence-corrected chi connectivity index (χ2v) is 6.71. The molecule has 0 amide bonds. The Morgan fingerprint density at radius 2 is 2.12 bits per heavy atom. The quantitative estimate of drug-likeness (QED) is 0.709. The highest BCUT2D eigenvalue weighted by Gasteiger charge is 2.25. The third-order valence-corrected chi connectivity index (χ3v) is 5.12. The van der Waals surface area contributed by atoms with Crippen molar-refractivity contribution in [2.75, 3.05) is 30.4 Å². The number of anilines is 2. The molecule has 26 heavy (non-hydrogen) atoms. The van der Waals surface area contributed by atoms with Gasteiger partial charge in [0.1, 0.15) is 23.8 Å². The summed E-state index contributed by atoms with van der Waals surface area (Å²) in [7, 11) is 3.96. The number of nitrogens with one attached hydrogen (secondary N) is 2.